The fourth-order valence-electron chi connectivity index (χ4n) is 2.61. The number of carboxylic acids is 1. The second-order valence-corrected chi connectivity index (χ2v) is 4.61. The minimum atomic E-state index is -0.968. The first kappa shape index (κ1) is 12.7. The fraction of sp³-hybridized carbons (Fsp3) is 0.188. The molecule has 0 aliphatic heterocycles. The lowest BCUT2D eigenvalue weighted by Gasteiger charge is -2.14. The Morgan fingerprint density at radius 3 is 2.70 bits per heavy atom. The Bertz CT molecular complexity index is 776. The van der Waals surface area contributed by atoms with E-state index in [1.807, 2.05) is 42.5 Å². The average Bonchev–Trinajstić information content (AvgIpc) is 2.83. The summed E-state index contributed by atoms with van der Waals surface area (Å²) < 4.78 is 5.40. The smallest absolute Gasteiger partial charge is 0.337 e. The van der Waals surface area contributed by atoms with Crippen molar-refractivity contribution in [3.63, 3.8) is 0 Å². The van der Waals surface area contributed by atoms with Crippen LogP contribution in [0.15, 0.2) is 42.5 Å². The van der Waals surface area contributed by atoms with Crippen molar-refractivity contribution in [1.29, 1.82) is 0 Å². The van der Waals surface area contributed by atoms with Crippen molar-refractivity contribution >= 4 is 27.8 Å². The molecule has 0 fully saturated rings. The predicted molar refractivity (Wildman–Crippen MR) is 77.8 cm³/mol. The molecule has 3 rings (SSSR count). The summed E-state index contributed by atoms with van der Waals surface area (Å²) in [5.74, 6) is -0.968. The molecule has 1 atom stereocenters. The van der Waals surface area contributed by atoms with Crippen molar-refractivity contribution in [3.8, 4) is 0 Å². The van der Waals surface area contributed by atoms with Gasteiger partial charge in [0, 0.05) is 34.0 Å². The average molecular weight is 269 g/mol. The number of aliphatic carboxylic acids is 1. The van der Waals surface area contributed by atoms with Crippen LogP contribution in [-0.4, -0.2) is 22.7 Å². The van der Waals surface area contributed by atoms with Gasteiger partial charge in [-0.2, -0.15) is 0 Å². The molecular weight excluding hydrogens is 254 g/mol. The summed E-state index contributed by atoms with van der Waals surface area (Å²) in [7, 11) is 0. The zero-order valence-electron chi connectivity index (χ0n) is 11.1. The zero-order chi connectivity index (χ0) is 14.1. The Morgan fingerprint density at radius 2 is 1.95 bits per heavy atom. The Kier molecular flexibility index (Phi) is 3.16. The minimum Gasteiger partial charge on any atom is -0.479 e. The van der Waals surface area contributed by atoms with Crippen molar-refractivity contribution in [2.75, 3.05) is 6.61 Å². The van der Waals surface area contributed by atoms with Crippen molar-refractivity contribution in [1.82, 2.24) is 4.98 Å². The molecule has 0 amide bonds. The molecule has 0 aliphatic carbocycles. The molecule has 3 aromatic rings. The molecular formula is C16H15NO3. The van der Waals surface area contributed by atoms with Gasteiger partial charge in [-0.3, -0.25) is 0 Å². The number of carboxylic acid groups (broad SMARTS) is 1. The lowest BCUT2D eigenvalue weighted by molar-refractivity contribution is -0.150. The van der Waals surface area contributed by atoms with E-state index >= 15 is 0 Å². The SMILES string of the molecule is CCOC(C(=O)O)c1cccc2[nH]c3ccccc3c12. The van der Waals surface area contributed by atoms with Crippen LogP contribution in [0, 0.1) is 0 Å². The summed E-state index contributed by atoms with van der Waals surface area (Å²) in [6.07, 6.45) is -0.942. The number of rotatable bonds is 4. The highest BCUT2D eigenvalue weighted by Gasteiger charge is 2.23. The van der Waals surface area contributed by atoms with E-state index in [0.717, 1.165) is 21.8 Å². The molecule has 0 saturated heterocycles. The van der Waals surface area contributed by atoms with Crippen molar-refractivity contribution in [2.45, 2.75) is 13.0 Å². The number of para-hydroxylation sites is 1. The number of aromatic nitrogens is 1. The molecule has 4 heteroatoms. The summed E-state index contributed by atoms with van der Waals surface area (Å²) >= 11 is 0. The number of fused-ring (bicyclic) bond motifs is 3. The van der Waals surface area contributed by atoms with Gasteiger partial charge in [0.1, 0.15) is 0 Å². The molecule has 2 N–H and O–H groups in total. The van der Waals surface area contributed by atoms with Gasteiger partial charge >= 0.3 is 5.97 Å². The third-order valence-corrected chi connectivity index (χ3v) is 3.40. The summed E-state index contributed by atoms with van der Waals surface area (Å²) in [5.41, 5.74) is 2.61. The first-order chi connectivity index (χ1) is 9.72. The van der Waals surface area contributed by atoms with Crippen LogP contribution in [0.3, 0.4) is 0 Å². The van der Waals surface area contributed by atoms with E-state index in [9.17, 15) is 9.90 Å². The van der Waals surface area contributed by atoms with Gasteiger partial charge in [-0.1, -0.05) is 30.3 Å². The van der Waals surface area contributed by atoms with E-state index in [1.165, 1.54) is 0 Å². The molecule has 1 heterocycles. The van der Waals surface area contributed by atoms with Gasteiger partial charge in [0.2, 0.25) is 0 Å². The molecule has 2 aromatic carbocycles. The number of hydrogen-bond donors (Lipinski definition) is 2. The molecule has 0 spiro atoms. The van der Waals surface area contributed by atoms with Gasteiger partial charge < -0.3 is 14.8 Å². The maximum atomic E-state index is 11.5. The van der Waals surface area contributed by atoms with Crippen LogP contribution in [0.4, 0.5) is 0 Å². The van der Waals surface area contributed by atoms with Crippen LogP contribution in [0.5, 0.6) is 0 Å². The maximum Gasteiger partial charge on any atom is 0.337 e. The molecule has 0 bridgehead atoms. The molecule has 0 aliphatic rings. The van der Waals surface area contributed by atoms with Crippen LogP contribution in [0.25, 0.3) is 21.8 Å². The van der Waals surface area contributed by atoms with Crippen LogP contribution in [-0.2, 0) is 9.53 Å². The molecule has 1 aromatic heterocycles. The second-order valence-electron chi connectivity index (χ2n) is 4.61. The largest absolute Gasteiger partial charge is 0.479 e. The van der Waals surface area contributed by atoms with E-state index < -0.39 is 12.1 Å². The Labute approximate surface area is 116 Å². The lowest BCUT2D eigenvalue weighted by Crippen LogP contribution is -2.15. The first-order valence-corrected chi connectivity index (χ1v) is 6.56. The number of hydrogen-bond acceptors (Lipinski definition) is 2. The van der Waals surface area contributed by atoms with E-state index in [0.29, 0.717) is 12.2 Å². The normalized spacial score (nSPS) is 12.8. The van der Waals surface area contributed by atoms with Gasteiger partial charge in [-0.25, -0.2) is 4.79 Å². The van der Waals surface area contributed by atoms with Crippen LogP contribution < -0.4 is 0 Å². The van der Waals surface area contributed by atoms with E-state index in [1.54, 1.807) is 6.92 Å². The molecule has 0 radical (unpaired) electrons. The number of benzene rings is 2. The first-order valence-electron chi connectivity index (χ1n) is 6.56. The van der Waals surface area contributed by atoms with Crippen molar-refractivity contribution in [2.24, 2.45) is 0 Å². The van der Waals surface area contributed by atoms with Gasteiger partial charge in [0.15, 0.2) is 6.10 Å². The highest BCUT2D eigenvalue weighted by molar-refractivity contribution is 6.09. The summed E-state index contributed by atoms with van der Waals surface area (Å²) in [6, 6.07) is 13.5. The zero-order valence-corrected chi connectivity index (χ0v) is 11.1. The van der Waals surface area contributed by atoms with E-state index in [-0.39, 0.29) is 0 Å². The third-order valence-electron chi connectivity index (χ3n) is 3.40. The minimum absolute atomic E-state index is 0.357. The summed E-state index contributed by atoms with van der Waals surface area (Å²) in [5, 5.41) is 11.3. The number of aromatic amines is 1. The Morgan fingerprint density at radius 1 is 1.20 bits per heavy atom. The lowest BCUT2D eigenvalue weighted by atomic mass is 10.0. The monoisotopic (exact) mass is 269 g/mol. The van der Waals surface area contributed by atoms with Crippen LogP contribution in [0.2, 0.25) is 0 Å². The van der Waals surface area contributed by atoms with Gasteiger partial charge in [0.05, 0.1) is 0 Å². The van der Waals surface area contributed by atoms with Crippen molar-refractivity contribution < 1.29 is 14.6 Å². The maximum absolute atomic E-state index is 11.5. The van der Waals surface area contributed by atoms with Crippen LogP contribution >= 0.6 is 0 Å². The highest BCUT2D eigenvalue weighted by atomic mass is 16.5. The quantitative estimate of drug-likeness (QED) is 0.762. The van der Waals surface area contributed by atoms with Gasteiger partial charge in [0.25, 0.3) is 0 Å². The standard InChI is InChI=1S/C16H15NO3/c1-2-20-15(16(18)19)11-7-5-9-13-14(11)10-6-3-4-8-12(10)17-13/h3-9,15,17H,2H2,1H3,(H,18,19). The van der Waals surface area contributed by atoms with Crippen LogP contribution in [0.1, 0.15) is 18.6 Å². The summed E-state index contributed by atoms with van der Waals surface area (Å²) in [6.45, 7) is 2.15. The Balaban J connectivity index is 2.32. The molecule has 102 valence electrons. The molecule has 0 saturated carbocycles. The molecule has 4 nitrogen and oxygen atoms in total. The number of nitrogens with one attached hydrogen (secondary N) is 1. The predicted octanol–water partition coefficient (Wildman–Crippen LogP) is 3.48. The topological polar surface area (TPSA) is 62.3 Å². The number of carbonyl (C=O) groups is 1. The fourth-order valence-corrected chi connectivity index (χ4v) is 2.61. The van der Waals surface area contributed by atoms with E-state index in [4.69, 9.17) is 4.74 Å². The second kappa shape index (κ2) is 4.98. The van der Waals surface area contributed by atoms with Gasteiger partial charge in [-0.15, -0.1) is 0 Å². The molecule has 1 unspecified atom stereocenters. The Hall–Kier alpha value is -2.33. The molecule has 20 heavy (non-hydrogen) atoms. The number of H-pyrrole nitrogens is 1. The van der Waals surface area contributed by atoms with Crippen molar-refractivity contribution in [3.05, 3.63) is 48.0 Å². The van der Waals surface area contributed by atoms with E-state index in [2.05, 4.69) is 4.98 Å². The van der Waals surface area contributed by atoms with Gasteiger partial charge in [-0.05, 0) is 19.1 Å². The third kappa shape index (κ3) is 1.94. The number of ether oxygens (including phenoxy) is 1. The summed E-state index contributed by atoms with van der Waals surface area (Å²) in [4.78, 5) is 14.8. The highest BCUT2D eigenvalue weighted by Crippen LogP contribution is 2.32.